The molecule has 2 N–H and O–H groups in total. The fourth-order valence-electron chi connectivity index (χ4n) is 2.53. The predicted octanol–water partition coefficient (Wildman–Crippen LogP) is 1.99. The lowest BCUT2D eigenvalue weighted by Crippen LogP contribution is -2.35. The summed E-state index contributed by atoms with van der Waals surface area (Å²) in [5.74, 6) is 1.25. The van der Waals surface area contributed by atoms with Crippen molar-refractivity contribution in [3.05, 3.63) is 54.6 Å². The standard InChI is InChI=1S/C18H22N2O4S/c21-25(22,20-13-15-12-19-9-10-23-14-15)18-8-4-7-17(11-18)24-16-5-2-1-3-6-16/h1-8,11,15,19-20H,9-10,12-14H2. The molecule has 0 saturated carbocycles. The first-order valence-electron chi connectivity index (χ1n) is 8.24. The zero-order valence-corrected chi connectivity index (χ0v) is 14.7. The first-order chi connectivity index (χ1) is 12.1. The van der Waals surface area contributed by atoms with Crippen LogP contribution in [-0.2, 0) is 14.8 Å². The monoisotopic (exact) mass is 362 g/mol. The van der Waals surface area contributed by atoms with Gasteiger partial charge in [0.25, 0.3) is 0 Å². The summed E-state index contributed by atoms with van der Waals surface area (Å²) in [6.45, 7) is 3.07. The third kappa shape index (κ3) is 5.27. The van der Waals surface area contributed by atoms with Crippen LogP contribution in [0.3, 0.4) is 0 Å². The van der Waals surface area contributed by atoms with Gasteiger partial charge in [-0.2, -0.15) is 0 Å². The highest BCUT2D eigenvalue weighted by atomic mass is 32.2. The van der Waals surface area contributed by atoms with E-state index >= 15 is 0 Å². The molecule has 0 bridgehead atoms. The summed E-state index contributed by atoms with van der Waals surface area (Å²) < 4.78 is 38.9. The molecule has 1 aliphatic rings. The van der Waals surface area contributed by atoms with Crippen molar-refractivity contribution < 1.29 is 17.9 Å². The molecular weight excluding hydrogens is 340 g/mol. The minimum Gasteiger partial charge on any atom is -0.457 e. The van der Waals surface area contributed by atoms with Gasteiger partial charge >= 0.3 is 0 Å². The minimum atomic E-state index is -3.60. The van der Waals surface area contributed by atoms with E-state index in [1.165, 1.54) is 6.07 Å². The zero-order chi connectivity index (χ0) is 17.5. The van der Waals surface area contributed by atoms with Crippen LogP contribution in [-0.4, -0.2) is 41.3 Å². The second-order valence-electron chi connectivity index (χ2n) is 5.89. The van der Waals surface area contributed by atoms with Crippen molar-refractivity contribution in [2.24, 2.45) is 5.92 Å². The maximum Gasteiger partial charge on any atom is 0.240 e. The van der Waals surface area contributed by atoms with Gasteiger partial charge < -0.3 is 14.8 Å². The van der Waals surface area contributed by atoms with Crippen LogP contribution in [0.25, 0.3) is 0 Å². The van der Waals surface area contributed by atoms with E-state index in [1.54, 1.807) is 18.2 Å². The number of para-hydroxylation sites is 1. The molecule has 0 amide bonds. The van der Waals surface area contributed by atoms with E-state index in [4.69, 9.17) is 9.47 Å². The van der Waals surface area contributed by atoms with Crippen molar-refractivity contribution in [3.63, 3.8) is 0 Å². The quantitative estimate of drug-likeness (QED) is 0.822. The maximum absolute atomic E-state index is 12.5. The van der Waals surface area contributed by atoms with E-state index in [2.05, 4.69) is 10.0 Å². The molecule has 7 heteroatoms. The Kier molecular flexibility index (Phi) is 6.04. The van der Waals surface area contributed by atoms with Crippen molar-refractivity contribution in [2.45, 2.75) is 4.90 Å². The van der Waals surface area contributed by atoms with E-state index in [0.29, 0.717) is 31.3 Å². The minimum absolute atomic E-state index is 0.112. The lowest BCUT2D eigenvalue weighted by atomic mass is 10.2. The molecule has 1 atom stereocenters. The summed E-state index contributed by atoms with van der Waals surface area (Å²) in [5, 5.41) is 3.23. The van der Waals surface area contributed by atoms with Crippen molar-refractivity contribution >= 4 is 10.0 Å². The number of hydrogen-bond donors (Lipinski definition) is 2. The van der Waals surface area contributed by atoms with Crippen LogP contribution in [0.5, 0.6) is 11.5 Å². The summed E-state index contributed by atoms with van der Waals surface area (Å²) in [7, 11) is -3.60. The average Bonchev–Trinajstić information content (AvgIpc) is 2.90. The van der Waals surface area contributed by atoms with Gasteiger partial charge in [0.05, 0.1) is 18.1 Å². The van der Waals surface area contributed by atoms with Gasteiger partial charge in [0.2, 0.25) is 10.0 Å². The molecule has 0 aliphatic carbocycles. The topological polar surface area (TPSA) is 76.7 Å². The second-order valence-corrected chi connectivity index (χ2v) is 7.65. The lowest BCUT2D eigenvalue weighted by Gasteiger charge is -2.15. The van der Waals surface area contributed by atoms with Gasteiger partial charge in [0.1, 0.15) is 11.5 Å². The highest BCUT2D eigenvalue weighted by molar-refractivity contribution is 7.89. The van der Waals surface area contributed by atoms with Crippen LogP contribution < -0.4 is 14.8 Å². The number of nitrogens with one attached hydrogen (secondary N) is 2. The van der Waals surface area contributed by atoms with Crippen LogP contribution in [0.4, 0.5) is 0 Å². The molecule has 0 radical (unpaired) electrons. The Morgan fingerprint density at radius 1 is 1.12 bits per heavy atom. The van der Waals surface area contributed by atoms with E-state index in [0.717, 1.165) is 13.1 Å². The van der Waals surface area contributed by atoms with Crippen molar-refractivity contribution in [3.8, 4) is 11.5 Å². The summed E-state index contributed by atoms with van der Waals surface area (Å²) >= 11 is 0. The van der Waals surface area contributed by atoms with Crippen LogP contribution in [0.2, 0.25) is 0 Å². The van der Waals surface area contributed by atoms with Crippen LogP contribution in [0.1, 0.15) is 0 Å². The number of benzene rings is 2. The van der Waals surface area contributed by atoms with E-state index < -0.39 is 10.0 Å². The van der Waals surface area contributed by atoms with Crippen molar-refractivity contribution in [1.82, 2.24) is 10.0 Å². The van der Waals surface area contributed by atoms with Crippen LogP contribution in [0.15, 0.2) is 59.5 Å². The van der Waals surface area contributed by atoms with Gasteiger partial charge in [0, 0.05) is 31.6 Å². The van der Waals surface area contributed by atoms with Gasteiger partial charge in [-0.3, -0.25) is 0 Å². The smallest absolute Gasteiger partial charge is 0.240 e. The predicted molar refractivity (Wildman–Crippen MR) is 95.3 cm³/mol. The average molecular weight is 362 g/mol. The van der Waals surface area contributed by atoms with Gasteiger partial charge in [-0.05, 0) is 24.3 Å². The molecule has 2 aromatic carbocycles. The van der Waals surface area contributed by atoms with Gasteiger partial charge in [0.15, 0.2) is 0 Å². The summed E-state index contributed by atoms with van der Waals surface area (Å²) in [5.41, 5.74) is 0. The second kappa shape index (κ2) is 8.44. The zero-order valence-electron chi connectivity index (χ0n) is 13.9. The van der Waals surface area contributed by atoms with E-state index in [9.17, 15) is 8.42 Å². The van der Waals surface area contributed by atoms with Crippen molar-refractivity contribution in [1.29, 1.82) is 0 Å². The number of ether oxygens (including phenoxy) is 2. The molecule has 0 spiro atoms. The summed E-state index contributed by atoms with van der Waals surface area (Å²) in [4.78, 5) is 0.184. The maximum atomic E-state index is 12.5. The lowest BCUT2D eigenvalue weighted by molar-refractivity contribution is 0.124. The van der Waals surface area contributed by atoms with E-state index in [1.807, 2.05) is 30.3 Å². The third-order valence-electron chi connectivity index (χ3n) is 3.87. The van der Waals surface area contributed by atoms with Gasteiger partial charge in [-0.1, -0.05) is 24.3 Å². The largest absolute Gasteiger partial charge is 0.457 e. The van der Waals surface area contributed by atoms with E-state index in [-0.39, 0.29) is 10.8 Å². The summed E-state index contributed by atoms with van der Waals surface area (Å²) in [6, 6.07) is 15.7. The Morgan fingerprint density at radius 3 is 2.76 bits per heavy atom. The van der Waals surface area contributed by atoms with Gasteiger partial charge in [-0.15, -0.1) is 0 Å². The molecule has 3 rings (SSSR count). The third-order valence-corrected chi connectivity index (χ3v) is 5.29. The molecule has 1 unspecified atom stereocenters. The fourth-order valence-corrected chi connectivity index (χ4v) is 3.68. The normalized spacial score (nSPS) is 18.5. The number of rotatable bonds is 6. The Labute approximate surface area is 148 Å². The molecule has 1 aliphatic heterocycles. The van der Waals surface area contributed by atoms with Gasteiger partial charge in [-0.25, -0.2) is 13.1 Å². The SMILES string of the molecule is O=S(=O)(NCC1CNCCOC1)c1cccc(Oc2ccccc2)c1. The molecule has 6 nitrogen and oxygen atoms in total. The first kappa shape index (κ1) is 17.9. The first-order valence-corrected chi connectivity index (χ1v) is 9.73. The fraction of sp³-hybridized carbons (Fsp3) is 0.333. The summed E-state index contributed by atoms with van der Waals surface area (Å²) in [6.07, 6.45) is 0. The Bertz CT molecular complexity index is 773. The Balaban J connectivity index is 1.66. The Morgan fingerprint density at radius 2 is 1.92 bits per heavy atom. The molecule has 134 valence electrons. The molecule has 1 heterocycles. The molecule has 1 saturated heterocycles. The Hall–Kier alpha value is -1.93. The van der Waals surface area contributed by atoms with Crippen LogP contribution in [0, 0.1) is 5.92 Å². The molecule has 0 aromatic heterocycles. The highest BCUT2D eigenvalue weighted by Gasteiger charge is 2.19. The molecule has 25 heavy (non-hydrogen) atoms. The van der Waals surface area contributed by atoms with Crippen LogP contribution >= 0.6 is 0 Å². The number of hydrogen-bond acceptors (Lipinski definition) is 5. The van der Waals surface area contributed by atoms with Crippen molar-refractivity contribution in [2.75, 3.05) is 32.8 Å². The highest BCUT2D eigenvalue weighted by Crippen LogP contribution is 2.23. The number of sulfonamides is 1. The molecule has 1 fully saturated rings. The molecular formula is C18H22N2O4S. The molecule has 2 aromatic rings.